The summed E-state index contributed by atoms with van der Waals surface area (Å²) in [6, 6.07) is 0.650. The van der Waals surface area contributed by atoms with Crippen LogP contribution in [0.15, 0.2) is 11.6 Å². The average Bonchev–Trinajstić information content (AvgIpc) is 2.93. The van der Waals surface area contributed by atoms with Gasteiger partial charge in [0.2, 0.25) is 5.78 Å². The number of halogens is 1. The molecule has 108 valence electrons. The van der Waals surface area contributed by atoms with Crippen molar-refractivity contribution in [2.75, 3.05) is 19.8 Å². The van der Waals surface area contributed by atoms with E-state index in [-0.39, 0.29) is 24.8 Å². The molecule has 2 heterocycles. The molecule has 6 heteroatoms. The third-order valence-electron chi connectivity index (χ3n) is 3.16. The molecule has 0 aromatic carbocycles. The molecule has 1 aromatic rings. The Bertz CT molecular complexity index is 354. The van der Waals surface area contributed by atoms with Gasteiger partial charge in [-0.3, -0.25) is 4.79 Å². The molecule has 19 heavy (non-hydrogen) atoms. The number of aromatic nitrogens is 1. The highest BCUT2D eigenvalue weighted by Crippen LogP contribution is 2.11. The van der Waals surface area contributed by atoms with Gasteiger partial charge in [0.05, 0.1) is 0 Å². The summed E-state index contributed by atoms with van der Waals surface area (Å²) >= 11 is 1.37. The van der Waals surface area contributed by atoms with Crippen LogP contribution >= 0.6 is 23.7 Å². The maximum absolute atomic E-state index is 11.6. The predicted octanol–water partition coefficient (Wildman–Crippen LogP) is 2.69. The first-order chi connectivity index (χ1) is 8.86. The van der Waals surface area contributed by atoms with E-state index in [9.17, 15) is 4.79 Å². The Balaban J connectivity index is 0.00000180. The third-order valence-corrected chi connectivity index (χ3v) is 3.97. The van der Waals surface area contributed by atoms with E-state index in [1.54, 1.807) is 6.20 Å². The largest absolute Gasteiger partial charge is 0.373 e. The second-order valence-corrected chi connectivity index (χ2v) is 5.50. The summed E-state index contributed by atoms with van der Waals surface area (Å²) in [6.07, 6.45) is 7.72. The van der Waals surface area contributed by atoms with Crippen LogP contribution in [-0.4, -0.2) is 36.6 Å². The normalized spacial score (nSPS) is 18.8. The molecule has 0 amide bonds. The fraction of sp³-hybridized carbons (Fsp3) is 0.692. The first-order valence-electron chi connectivity index (χ1n) is 6.60. The number of ketones is 1. The van der Waals surface area contributed by atoms with E-state index in [0.29, 0.717) is 17.7 Å². The van der Waals surface area contributed by atoms with Crippen LogP contribution in [0.25, 0.3) is 0 Å². The van der Waals surface area contributed by atoms with Gasteiger partial charge in [0.1, 0.15) is 6.61 Å². The molecule has 1 aliphatic rings. The molecule has 0 saturated carbocycles. The Hall–Kier alpha value is -0.490. The summed E-state index contributed by atoms with van der Waals surface area (Å²) in [5.74, 6) is -0.0132. The van der Waals surface area contributed by atoms with Crippen LogP contribution in [0.3, 0.4) is 0 Å². The van der Waals surface area contributed by atoms with E-state index in [0.717, 1.165) is 19.4 Å². The van der Waals surface area contributed by atoms with E-state index in [2.05, 4.69) is 10.3 Å². The van der Waals surface area contributed by atoms with Gasteiger partial charge in [-0.1, -0.05) is 6.42 Å². The van der Waals surface area contributed by atoms with E-state index in [4.69, 9.17) is 4.74 Å². The lowest BCUT2D eigenvalue weighted by Crippen LogP contribution is -2.34. The predicted molar refractivity (Wildman–Crippen MR) is 79.4 cm³/mol. The molecule has 1 saturated heterocycles. The summed E-state index contributed by atoms with van der Waals surface area (Å²) in [4.78, 5) is 15.5. The summed E-state index contributed by atoms with van der Waals surface area (Å²) in [5, 5.41) is 5.86. The average molecular weight is 305 g/mol. The summed E-state index contributed by atoms with van der Waals surface area (Å²) < 4.78 is 5.40. The quantitative estimate of drug-likeness (QED) is 0.621. The molecule has 0 aliphatic carbocycles. The molecule has 0 spiro atoms. The Morgan fingerprint density at radius 3 is 3.11 bits per heavy atom. The topological polar surface area (TPSA) is 51.2 Å². The zero-order chi connectivity index (χ0) is 12.6. The zero-order valence-electron chi connectivity index (χ0n) is 11.0. The van der Waals surface area contributed by atoms with Crippen LogP contribution in [0.4, 0.5) is 0 Å². The smallest absolute Gasteiger partial charge is 0.216 e. The number of nitrogens with one attached hydrogen (secondary N) is 1. The van der Waals surface area contributed by atoms with Crippen molar-refractivity contribution in [3.63, 3.8) is 0 Å². The Morgan fingerprint density at radius 1 is 1.53 bits per heavy atom. The molecule has 2 rings (SSSR count). The summed E-state index contributed by atoms with van der Waals surface area (Å²) in [5.41, 5.74) is 0. The van der Waals surface area contributed by atoms with Crippen LogP contribution in [0, 0.1) is 0 Å². The van der Waals surface area contributed by atoms with Crippen LogP contribution in [-0.2, 0) is 4.74 Å². The fourth-order valence-electron chi connectivity index (χ4n) is 2.19. The number of hydrogen-bond acceptors (Lipinski definition) is 5. The molecule has 1 N–H and O–H groups in total. The molecule has 0 radical (unpaired) electrons. The van der Waals surface area contributed by atoms with Crippen molar-refractivity contribution in [3.8, 4) is 0 Å². The maximum Gasteiger partial charge on any atom is 0.216 e. The summed E-state index contributed by atoms with van der Waals surface area (Å²) in [6.45, 7) is 1.97. The number of rotatable bonds is 7. The number of Topliss-reactive ketones (excluding diaryl/α,β-unsaturated/α-hetero) is 1. The van der Waals surface area contributed by atoms with Gasteiger partial charge in [0, 0.05) is 24.2 Å². The lowest BCUT2D eigenvalue weighted by atomic mass is 10.0. The Labute approximate surface area is 124 Å². The van der Waals surface area contributed by atoms with Crippen molar-refractivity contribution in [2.24, 2.45) is 0 Å². The number of hydrogen-bond donors (Lipinski definition) is 1. The van der Waals surface area contributed by atoms with Gasteiger partial charge in [0.25, 0.3) is 0 Å². The Morgan fingerprint density at radius 2 is 2.42 bits per heavy atom. The van der Waals surface area contributed by atoms with Gasteiger partial charge in [-0.2, -0.15) is 0 Å². The van der Waals surface area contributed by atoms with Gasteiger partial charge in [-0.05, 0) is 32.2 Å². The van der Waals surface area contributed by atoms with Gasteiger partial charge < -0.3 is 10.1 Å². The minimum absolute atomic E-state index is 0. The molecule has 1 aromatic heterocycles. The first-order valence-corrected chi connectivity index (χ1v) is 7.48. The van der Waals surface area contributed by atoms with Gasteiger partial charge in [-0.15, -0.1) is 23.7 Å². The standard InChI is InChI=1S/C13H20N2O2S.ClH/c16-12(13-15-7-9-18-13)10-17-8-3-5-11-4-1-2-6-14-11;/h7,9,11,14H,1-6,8,10H2;1H. The van der Waals surface area contributed by atoms with Crippen molar-refractivity contribution in [1.29, 1.82) is 0 Å². The number of thiazole rings is 1. The van der Waals surface area contributed by atoms with Crippen LogP contribution < -0.4 is 5.32 Å². The molecule has 1 fully saturated rings. The van der Waals surface area contributed by atoms with E-state index in [1.807, 2.05) is 5.38 Å². The van der Waals surface area contributed by atoms with Crippen molar-refractivity contribution in [2.45, 2.75) is 38.1 Å². The van der Waals surface area contributed by atoms with Gasteiger partial charge >= 0.3 is 0 Å². The van der Waals surface area contributed by atoms with Crippen molar-refractivity contribution >= 4 is 29.5 Å². The molecular formula is C13H21ClN2O2S. The van der Waals surface area contributed by atoms with E-state index in [1.165, 1.54) is 30.6 Å². The zero-order valence-corrected chi connectivity index (χ0v) is 12.6. The molecule has 1 unspecified atom stereocenters. The summed E-state index contributed by atoms with van der Waals surface area (Å²) in [7, 11) is 0. The van der Waals surface area contributed by atoms with Crippen LogP contribution in [0.1, 0.15) is 41.9 Å². The SMILES string of the molecule is Cl.O=C(COCCCC1CCCCN1)c1nccs1. The minimum atomic E-state index is -0.0132. The molecule has 0 bridgehead atoms. The highest BCUT2D eigenvalue weighted by Gasteiger charge is 2.12. The highest BCUT2D eigenvalue weighted by molar-refractivity contribution is 7.11. The maximum atomic E-state index is 11.6. The number of carbonyl (C=O) groups excluding carboxylic acids is 1. The number of nitrogens with zero attached hydrogens (tertiary/aromatic N) is 1. The molecule has 1 atom stereocenters. The van der Waals surface area contributed by atoms with Crippen molar-refractivity contribution in [3.05, 3.63) is 16.6 Å². The van der Waals surface area contributed by atoms with Gasteiger partial charge in [0.15, 0.2) is 5.01 Å². The monoisotopic (exact) mass is 304 g/mol. The lowest BCUT2D eigenvalue weighted by molar-refractivity contribution is 0.0748. The second-order valence-electron chi connectivity index (χ2n) is 4.60. The molecule has 4 nitrogen and oxygen atoms in total. The van der Waals surface area contributed by atoms with Crippen molar-refractivity contribution < 1.29 is 9.53 Å². The lowest BCUT2D eigenvalue weighted by Gasteiger charge is -2.23. The molecule has 1 aliphatic heterocycles. The second kappa shape index (κ2) is 9.42. The fourth-order valence-corrected chi connectivity index (χ4v) is 2.75. The van der Waals surface area contributed by atoms with E-state index >= 15 is 0 Å². The number of carbonyl (C=O) groups is 1. The number of piperidine rings is 1. The highest BCUT2D eigenvalue weighted by atomic mass is 35.5. The first kappa shape index (κ1) is 16.6. The van der Waals surface area contributed by atoms with E-state index < -0.39 is 0 Å². The van der Waals surface area contributed by atoms with Crippen LogP contribution in [0.5, 0.6) is 0 Å². The van der Waals surface area contributed by atoms with Gasteiger partial charge in [-0.25, -0.2) is 4.98 Å². The van der Waals surface area contributed by atoms with Crippen LogP contribution in [0.2, 0.25) is 0 Å². The van der Waals surface area contributed by atoms with Crippen molar-refractivity contribution in [1.82, 2.24) is 10.3 Å². The Kier molecular flexibility index (Phi) is 8.21. The minimum Gasteiger partial charge on any atom is -0.373 e. The number of ether oxygens (including phenoxy) is 1. The third kappa shape index (κ3) is 5.99. The molecular weight excluding hydrogens is 284 g/mol.